The summed E-state index contributed by atoms with van der Waals surface area (Å²) < 4.78 is 23.1. The average Bonchev–Trinajstić information content (AvgIpc) is 2.23. The number of rotatable bonds is 5. The number of pyridine rings is 1. The van der Waals surface area contributed by atoms with Crippen LogP contribution in [0.25, 0.3) is 0 Å². The van der Waals surface area contributed by atoms with Gasteiger partial charge in [0.25, 0.3) is 0 Å². The third-order valence-electron chi connectivity index (χ3n) is 2.20. The van der Waals surface area contributed by atoms with Gasteiger partial charge >= 0.3 is 20.9 Å². The first-order chi connectivity index (χ1) is 8.51. The van der Waals surface area contributed by atoms with Gasteiger partial charge in [0.2, 0.25) is 11.6 Å². The minimum Gasteiger partial charge on any atom is -0.324 e. The summed E-state index contributed by atoms with van der Waals surface area (Å²) in [4.78, 5) is 45.5. The van der Waals surface area contributed by atoms with E-state index in [1.54, 1.807) is 0 Å². The fourth-order valence-corrected chi connectivity index (χ4v) is 3.70. The van der Waals surface area contributed by atoms with Crippen molar-refractivity contribution >= 4 is 20.9 Å². The van der Waals surface area contributed by atoms with Crippen LogP contribution >= 0.6 is 15.2 Å². The van der Waals surface area contributed by atoms with Gasteiger partial charge in [-0.2, -0.15) is 4.57 Å². The molecular formula is C7H11N2O8P2+. The molecular weight excluding hydrogens is 302 g/mol. The van der Waals surface area contributed by atoms with Crippen molar-refractivity contribution in [2.24, 2.45) is 0 Å². The zero-order valence-corrected chi connectivity index (χ0v) is 11.1. The molecule has 0 amide bonds. The summed E-state index contributed by atoms with van der Waals surface area (Å²) in [6.45, 7) is -0.740. The Labute approximate surface area is 106 Å². The number of nitro groups is 1. The summed E-state index contributed by atoms with van der Waals surface area (Å²) in [5.74, 6) is 0. The van der Waals surface area contributed by atoms with Crippen LogP contribution in [0.4, 0.5) is 5.69 Å². The van der Waals surface area contributed by atoms with Crippen LogP contribution in [-0.4, -0.2) is 29.9 Å². The van der Waals surface area contributed by atoms with E-state index in [1.165, 1.54) is 12.3 Å². The average molecular weight is 313 g/mol. The fraction of sp³-hybridized carbons (Fsp3) is 0.286. The van der Waals surface area contributed by atoms with E-state index in [9.17, 15) is 19.2 Å². The van der Waals surface area contributed by atoms with Crippen LogP contribution in [0.5, 0.6) is 0 Å². The van der Waals surface area contributed by atoms with Crippen LogP contribution in [0.15, 0.2) is 24.5 Å². The quantitative estimate of drug-likeness (QED) is 0.246. The molecule has 0 spiro atoms. The van der Waals surface area contributed by atoms with Gasteiger partial charge < -0.3 is 19.6 Å². The first kappa shape index (κ1) is 15.9. The summed E-state index contributed by atoms with van der Waals surface area (Å²) in [6, 6.07) is 2.37. The predicted molar refractivity (Wildman–Crippen MR) is 61.2 cm³/mol. The van der Waals surface area contributed by atoms with E-state index in [0.29, 0.717) is 0 Å². The van der Waals surface area contributed by atoms with Gasteiger partial charge in [0.15, 0.2) is 12.7 Å². The molecule has 0 aromatic carbocycles. The zero-order valence-electron chi connectivity index (χ0n) is 9.30. The van der Waals surface area contributed by atoms with E-state index in [1.807, 2.05) is 0 Å². The molecule has 1 heterocycles. The van der Waals surface area contributed by atoms with E-state index in [2.05, 4.69) is 0 Å². The lowest BCUT2D eigenvalue weighted by molar-refractivity contribution is -0.697. The molecule has 1 rings (SSSR count). The monoisotopic (exact) mass is 313 g/mol. The molecule has 0 aliphatic heterocycles. The molecule has 12 heteroatoms. The van der Waals surface area contributed by atoms with Gasteiger partial charge in [-0.25, -0.2) is 0 Å². The topological polar surface area (TPSA) is 162 Å². The molecule has 0 atom stereocenters. The Morgan fingerprint density at radius 2 is 1.79 bits per heavy atom. The Hall–Kier alpha value is -1.15. The smallest absolute Gasteiger partial charge is 0.324 e. The van der Waals surface area contributed by atoms with Gasteiger partial charge in [-0.05, 0) is 0 Å². The maximum atomic E-state index is 11.1. The molecule has 0 saturated carbocycles. The highest BCUT2D eigenvalue weighted by atomic mass is 31.2. The molecule has 0 aliphatic carbocycles. The van der Waals surface area contributed by atoms with Crippen molar-refractivity contribution in [3.63, 3.8) is 0 Å². The second-order valence-electron chi connectivity index (χ2n) is 3.67. The summed E-state index contributed by atoms with van der Waals surface area (Å²) in [6.07, 6.45) is 2.14. The summed E-state index contributed by atoms with van der Waals surface area (Å²) >= 11 is 0. The molecule has 0 fully saturated rings. The van der Waals surface area contributed by atoms with Crippen LogP contribution < -0.4 is 4.57 Å². The minimum atomic E-state index is -5.06. The Balaban J connectivity index is 3.11. The van der Waals surface area contributed by atoms with Gasteiger partial charge in [-0.1, -0.05) is 0 Å². The standard InChI is InChI=1S/C7H10N2O8P2/c10-9(11)6-2-1-3-8(4-6)5-7(18(12,13)14)19(15,16)17/h1-4,7H,5H2,(H3-,12,13,14,15,16,17)/p+1. The molecule has 0 saturated heterocycles. The predicted octanol–water partition coefficient (Wildman–Crippen LogP) is -0.436. The minimum absolute atomic E-state index is 0.363. The summed E-state index contributed by atoms with van der Waals surface area (Å²) in [5.41, 5.74) is -0.363. The van der Waals surface area contributed by atoms with Crippen LogP contribution in [0.2, 0.25) is 0 Å². The number of nitrogens with zero attached hydrogens (tertiary/aromatic N) is 2. The summed E-state index contributed by atoms with van der Waals surface area (Å²) in [7, 11) is -10.1. The molecule has 0 bridgehead atoms. The molecule has 1 aromatic heterocycles. The van der Waals surface area contributed by atoms with E-state index in [4.69, 9.17) is 19.6 Å². The number of hydrogen-bond acceptors (Lipinski definition) is 4. The van der Waals surface area contributed by atoms with Gasteiger partial charge in [0.1, 0.15) is 0 Å². The molecule has 1 aromatic rings. The molecule has 0 aliphatic rings. The lowest BCUT2D eigenvalue weighted by atomic mass is 10.4. The molecule has 10 nitrogen and oxygen atoms in total. The summed E-state index contributed by atoms with van der Waals surface area (Å²) in [5, 5.41) is 8.27. The third-order valence-corrected chi connectivity index (χ3v) is 5.89. The highest BCUT2D eigenvalue weighted by molar-refractivity contribution is 7.70. The number of aromatic nitrogens is 1. The van der Waals surface area contributed by atoms with Crippen LogP contribution in [0, 0.1) is 10.1 Å². The van der Waals surface area contributed by atoms with E-state index in [0.717, 1.165) is 16.8 Å². The second kappa shape index (κ2) is 5.46. The van der Waals surface area contributed by atoms with Crippen LogP contribution in [0.1, 0.15) is 0 Å². The van der Waals surface area contributed by atoms with Crippen LogP contribution in [-0.2, 0) is 15.7 Å². The van der Waals surface area contributed by atoms with Crippen molar-refractivity contribution in [1.29, 1.82) is 0 Å². The maximum absolute atomic E-state index is 11.1. The van der Waals surface area contributed by atoms with Crippen molar-refractivity contribution in [2.75, 3.05) is 0 Å². The molecule has 4 N–H and O–H groups in total. The lowest BCUT2D eigenvalue weighted by Crippen LogP contribution is -2.39. The zero-order chi connectivity index (χ0) is 14.8. The molecule has 19 heavy (non-hydrogen) atoms. The van der Waals surface area contributed by atoms with Crippen molar-refractivity contribution in [2.45, 2.75) is 11.9 Å². The van der Waals surface area contributed by atoms with E-state index < -0.39 is 32.1 Å². The van der Waals surface area contributed by atoms with E-state index in [-0.39, 0.29) is 5.69 Å². The SMILES string of the molecule is O=[N+]([O-])c1ccc[n+](CC(P(=O)(O)O)P(=O)(O)O)c1. The largest absolute Gasteiger partial charge is 0.347 e. The van der Waals surface area contributed by atoms with Gasteiger partial charge in [0.05, 0.1) is 4.92 Å². The second-order valence-corrected chi connectivity index (χ2v) is 7.69. The first-order valence-corrected chi connectivity index (χ1v) is 8.12. The Bertz CT molecular complexity index is 556. The first-order valence-electron chi connectivity index (χ1n) is 4.76. The molecule has 0 radical (unpaired) electrons. The Morgan fingerprint density at radius 1 is 1.26 bits per heavy atom. The Morgan fingerprint density at radius 3 is 2.21 bits per heavy atom. The van der Waals surface area contributed by atoms with Crippen molar-refractivity contribution in [3.8, 4) is 0 Å². The fourth-order valence-electron chi connectivity index (χ4n) is 1.33. The van der Waals surface area contributed by atoms with Crippen molar-refractivity contribution in [1.82, 2.24) is 0 Å². The van der Waals surface area contributed by atoms with Crippen LogP contribution in [0.3, 0.4) is 0 Å². The maximum Gasteiger partial charge on any atom is 0.347 e. The third kappa shape index (κ3) is 4.46. The Kier molecular flexibility index (Phi) is 4.57. The van der Waals surface area contributed by atoms with Gasteiger partial charge in [-0.3, -0.25) is 19.2 Å². The molecule has 106 valence electrons. The highest BCUT2D eigenvalue weighted by Crippen LogP contribution is 2.59. The van der Waals surface area contributed by atoms with Gasteiger partial charge in [0, 0.05) is 12.1 Å². The highest BCUT2D eigenvalue weighted by Gasteiger charge is 2.46. The molecule has 0 unspecified atom stereocenters. The van der Waals surface area contributed by atoms with Gasteiger partial charge in [-0.15, -0.1) is 0 Å². The van der Waals surface area contributed by atoms with Crippen molar-refractivity contribution < 1.29 is 38.2 Å². The normalized spacial score (nSPS) is 12.7. The lowest BCUT2D eigenvalue weighted by Gasteiger charge is -2.16. The van der Waals surface area contributed by atoms with Crippen molar-refractivity contribution in [3.05, 3.63) is 34.6 Å². The van der Waals surface area contributed by atoms with E-state index >= 15 is 0 Å². The number of hydrogen-bond donors (Lipinski definition) is 4.